The summed E-state index contributed by atoms with van der Waals surface area (Å²) in [5.74, 6) is -0.455. The molecule has 32 heavy (non-hydrogen) atoms. The van der Waals surface area contributed by atoms with Crippen molar-refractivity contribution in [3.8, 4) is 0 Å². The first-order chi connectivity index (χ1) is 14.8. The van der Waals surface area contributed by atoms with E-state index >= 15 is 0 Å². The number of halogens is 4. The molecule has 3 aromatic rings. The summed E-state index contributed by atoms with van der Waals surface area (Å²) in [5.41, 5.74) is 0.923. The highest BCUT2D eigenvalue weighted by Gasteiger charge is 2.34. The van der Waals surface area contributed by atoms with Gasteiger partial charge in [-0.2, -0.15) is 13.2 Å². The third-order valence-corrected chi connectivity index (χ3v) is 7.41. The van der Waals surface area contributed by atoms with Gasteiger partial charge in [0.15, 0.2) is 9.84 Å². The molecule has 0 aliphatic rings. The van der Waals surface area contributed by atoms with Gasteiger partial charge in [0, 0.05) is 30.7 Å². The van der Waals surface area contributed by atoms with Gasteiger partial charge in [0.2, 0.25) is 0 Å². The molecule has 2 aromatic heterocycles. The molecular weight excluding hydrogens is 487 g/mol. The van der Waals surface area contributed by atoms with Gasteiger partial charge in [-0.05, 0) is 48.4 Å². The Hall–Kier alpha value is -2.17. The molecule has 1 aromatic carbocycles. The van der Waals surface area contributed by atoms with Crippen LogP contribution in [0, 0.1) is 6.92 Å². The van der Waals surface area contributed by atoms with Gasteiger partial charge in [-0.25, -0.2) is 8.42 Å². The third-order valence-electron chi connectivity index (χ3n) is 4.77. The SMILES string of the molecule is CC(=O)OCCc1c(C)c(Sc2ccc(S(C)(=O)=O)cc2)n2cc(C(F)(F)F)c(Cl)cc12. The average molecular weight is 506 g/mol. The van der Waals surface area contributed by atoms with Crippen molar-refractivity contribution in [2.24, 2.45) is 0 Å². The summed E-state index contributed by atoms with van der Waals surface area (Å²) in [7, 11) is -3.37. The van der Waals surface area contributed by atoms with Crippen molar-refractivity contribution in [3.05, 3.63) is 58.2 Å². The van der Waals surface area contributed by atoms with E-state index in [1.807, 2.05) is 0 Å². The molecule has 0 saturated carbocycles. The third kappa shape index (κ3) is 5.24. The highest BCUT2D eigenvalue weighted by Crippen LogP contribution is 2.41. The summed E-state index contributed by atoms with van der Waals surface area (Å²) in [6, 6.07) is 7.35. The van der Waals surface area contributed by atoms with E-state index < -0.39 is 32.6 Å². The molecule has 0 bridgehead atoms. The first-order valence-electron chi connectivity index (χ1n) is 9.30. The second-order valence-corrected chi connectivity index (χ2v) is 10.6. The fourth-order valence-electron chi connectivity index (χ4n) is 3.24. The Morgan fingerprint density at radius 1 is 1.22 bits per heavy atom. The molecule has 11 heteroatoms. The Bertz CT molecular complexity index is 1280. The fraction of sp³-hybridized carbons (Fsp3) is 0.286. The van der Waals surface area contributed by atoms with Gasteiger partial charge in [0.25, 0.3) is 0 Å². The fourth-order valence-corrected chi connectivity index (χ4v) is 5.15. The maximum absolute atomic E-state index is 13.5. The zero-order valence-electron chi connectivity index (χ0n) is 17.3. The van der Waals surface area contributed by atoms with Crippen molar-refractivity contribution in [1.82, 2.24) is 4.40 Å². The van der Waals surface area contributed by atoms with E-state index in [9.17, 15) is 26.4 Å². The van der Waals surface area contributed by atoms with Gasteiger partial charge < -0.3 is 9.14 Å². The summed E-state index contributed by atoms with van der Waals surface area (Å²) < 4.78 is 70.2. The van der Waals surface area contributed by atoms with Gasteiger partial charge in [-0.1, -0.05) is 23.4 Å². The van der Waals surface area contributed by atoms with Gasteiger partial charge in [0.05, 0.1) is 32.6 Å². The van der Waals surface area contributed by atoms with Crippen LogP contribution in [0.1, 0.15) is 23.6 Å². The Morgan fingerprint density at radius 3 is 2.38 bits per heavy atom. The number of esters is 1. The maximum Gasteiger partial charge on any atom is 0.419 e. The molecule has 0 aliphatic heterocycles. The van der Waals surface area contributed by atoms with Crippen LogP contribution in [0.3, 0.4) is 0 Å². The van der Waals surface area contributed by atoms with Crippen molar-refractivity contribution >= 4 is 44.7 Å². The van der Waals surface area contributed by atoms with E-state index in [0.717, 1.165) is 12.5 Å². The number of carbonyl (C=O) groups is 1. The lowest BCUT2D eigenvalue weighted by atomic mass is 10.1. The van der Waals surface area contributed by atoms with Crippen molar-refractivity contribution in [2.75, 3.05) is 12.9 Å². The molecular formula is C21H19ClF3NO4S2. The minimum atomic E-state index is -4.64. The van der Waals surface area contributed by atoms with E-state index in [2.05, 4.69) is 0 Å². The van der Waals surface area contributed by atoms with E-state index in [4.69, 9.17) is 16.3 Å². The number of pyridine rings is 1. The molecule has 0 fully saturated rings. The quantitative estimate of drug-likeness (QED) is 0.409. The average Bonchev–Trinajstić information content (AvgIpc) is 2.91. The number of alkyl halides is 3. The van der Waals surface area contributed by atoms with Crippen LogP contribution in [0.2, 0.25) is 5.02 Å². The van der Waals surface area contributed by atoms with Crippen LogP contribution in [0.15, 0.2) is 51.3 Å². The molecule has 5 nitrogen and oxygen atoms in total. The van der Waals surface area contributed by atoms with Crippen molar-refractivity contribution in [3.63, 3.8) is 0 Å². The lowest BCUT2D eigenvalue weighted by Crippen LogP contribution is -2.08. The summed E-state index contributed by atoms with van der Waals surface area (Å²) in [6.07, 6.45) is -2.30. The Balaban J connectivity index is 2.12. The standard InChI is InChI=1S/C21H19ClF3NO4S2/c1-12-16(8-9-30-13(2)27)19-10-18(22)17(21(23,24)25)11-26(19)20(12)31-14-4-6-15(7-5-14)32(3,28)29/h4-7,10-11H,8-9H2,1-3H3. The predicted octanol–water partition coefficient (Wildman–Crippen LogP) is 5.58. The first kappa shape index (κ1) is 24.5. The minimum Gasteiger partial charge on any atom is -0.466 e. The highest BCUT2D eigenvalue weighted by molar-refractivity contribution is 7.99. The lowest BCUT2D eigenvalue weighted by Gasteiger charge is -2.12. The van der Waals surface area contributed by atoms with Crippen molar-refractivity contribution in [1.29, 1.82) is 0 Å². The van der Waals surface area contributed by atoms with Crippen molar-refractivity contribution < 1.29 is 31.1 Å². The van der Waals surface area contributed by atoms with Crippen LogP contribution >= 0.6 is 23.4 Å². The number of fused-ring (bicyclic) bond motifs is 1. The lowest BCUT2D eigenvalue weighted by molar-refractivity contribution is -0.141. The largest absolute Gasteiger partial charge is 0.466 e. The molecule has 3 rings (SSSR count). The highest BCUT2D eigenvalue weighted by atomic mass is 35.5. The number of sulfone groups is 1. The molecule has 0 N–H and O–H groups in total. The summed E-state index contributed by atoms with van der Waals surface area (Å²) in [6.45, 7) is 3.12. The number of aromatic nitrogens is 1. The van der Waals surface area contributed by atoms with E-state index in [1.165, 1.54) is 41.3 Å². The van der Waals surface area contributed by atoms with E-state index in [1.54, 1.807) is 19.1 Å². The van der Waals surface area contributed by atoms with Gasteiger partial charge in [-0.3, -0.25) is 4.79 Å². The second kappa shape index (κ2) is 8.99. The van der Waals surface area contributed by atoms with E-state index in [0.29, 0.717) is 33.0 Å². The molecule has 0 saturated heterocycles. The number of nitrogens with zero attached hydrogens (tertiary/aromatic N) is 1. The Morgan fingerprint density at radius 2 is 1.84 bits per heavy atom. The Kier molecular flexibility index (Phi) is 6.88. The van der Waals surface area contributed by atoms with Gasteiger partial charge in [0.1, 0.15) is 0 Å². The number of hydrogen-bond acceptors (Lipinski definition) is 5. The maximum atomic E-state index is 13.5. The molecule has 0 unspecified atom stereocenters. The second-order valence-electron chi connectivity index (χ2n) is 7.13. The smallest absolute Gasteiger partial charge is 0.419 e. The molecule has 0 amide bonds. The van der Waals surface area contributed by atoms with Crippen LogP contribution in [0.4, 0.5) is 13.2 Å². The molecule has 0 atom stereocenters. The topological polar surface area (TPSA) is 64.9 Å². The zero-order valence-corrected chi connectivity index (χ0v) is 19.7. The van der Waals surface area contributed by atoms with Crippen molar-refractivity contribution in [2.45, 2.75) is 41.3 Å². The molecule has 2 heterocycles. The number of rotatable bonds is 6. The number of ether oxygens (including phenoxy) is 1. The molecule has 0 spiro atoms. The number of benzene rings is 1. The predicted molar refractivity (Wildman–Crippen MR) is 116 cm³/mol. The zero-order chi connectivity index (χ0) is 23.8. The molecule has 0 aliphatic carbocycles. The summed E-state index contributed by atoms with van der Waals surface area (Å²) in [4.78, 5) is 11.9. The van der Waals surface area contributed by atoms with Crippen LogP contribution in [-0.4, -0.2) is 31.7 Å². The normalized spacial score (nSPS) is 12.3. The monoisotopic (exact) mass is 505 g/mol. The van der Waals surface area contributed by atoms with Crippen LogP contribution < -0.4 is 0 Å². The van der Waals surface area contributed by atoms with Crippen LogP contribution in [-0.2, 0) is 32.0 Å². The Labute approximate surface area is 192 Å². The van der Waals surface area contributed by atoms with Crippen LogP contribution in [0.25, 0.3) is 5.52 Å². The number of hydrogen-bond donors (Lipinski definition) is 0. The minimum absolute atomic E-state index is 0.0711. The summed E-state index contributed by atoms with van der Waals surface area (Å²) in [5, 5.41) is 0.0948. The number of carbonyl (C=O) groups excluding carboxylic acids is 1. The van der Waals surface area contributed by atoms with Gasteiger partial charge >= 0.3 is 12.1 Å². The van der Waals surface area contributed by atoms with E-state index in [-0.39, 0.29) is 11.5 Å². The molecule has 172 valence electrons. The summed E-state index contributed by atoms with van der Waals surface area (Å²) >= 11 is 7.14. The van der Waals surface area contributed by atoms with Crippen LogP contribution in [0.5, 0.6) is 0 Å². The molecule has 0 radical (unpaired) electrons. The van der Waals surface area contributed by atoms with Gasteiger partial charge in [-0.15, -0.1) is 0 Å². The first-order valence-corrected chi connectivity index (χ1v) is 12.4.